The number of para-hydroxylation sites is 1. The van der Waals surface area contributed by atoms with Crippen LogP contribution in [0.4, 0.5) is 17.3 Å². The SMILES string of the molecule is Cc1[nH+]c2ccccc2s1.F[B-](F)(F)F. The average molecular weight is 237 g/mol. The summed E-state index contributed by atoms with van der Waals surface area (Å²) in [5, 5.41) is 1.27. The molecule has 0 atom stereocenters. The van der Waals surface area contributed by atoms with E-state index in [1.54, 1.807) is 11.3 Å². The van der Waals surface area contributed by atoms with Crippen molar-refractivity contribution in [3.63, 3.8) is 0 Å². The van der Waals surface area contributed by atoms with Gasteiger partial charge in [0.25, 0.3) is 0 Å². The number of hydrogen-bond donors (Lipinski definition) is 0. The van der Waals surface area contributed by atoms with Crippen LogP contribution in [0.5, 0.6) is 0 Å². The number of hydrogen-bond acceptors (Lipinski definition) is 1. The molecular weight excluding hydrogens is 229 g/mol. The molecule has 0 aliphatic rings. The zero-order valence-electron chi connectivity index (χ0n) is 7.81. The summed E-state index contributed by atoms with van der Waals surface area (Å²) in [6.45, 7) is 2.09. The van der Waals surface area contributed by atoms with Gasteiger partial charge in [-0.05, 0) is 6.07 Å². The van der Waals surface area contributed by atoms with E-state index in [2.05, 4.69) is 30.1 Å². The highest BCUT2D eigenvalue weighted by Gasteiger charge is 2.20. The molecule has 0 radical (unpaired) electrons. The van der Waals surface area contributed by atoms with Gasteiger partial charge in [0.1, 0.15) is 4.70 Å². The highest BCUT2D eigenvalue weighted by molar-refractivity contribution is 7.18. The summed E-state index contributed by atoms with van der Waals surface area (Å²) in [5.41, 5.74) is 1.24. The van der Waals surface area contributed by atoms with Crippen LogP contribution in [0.15, 0.2) is 24.3 Å². The minimum Gasteiger partial charge on any atom is -0.418 e. The topological polar surface area (TPSA) is 14.1 Å². The van der Waals surface area contributed by atoms with Crippen LogP contribution in [0, 0.1) is 6.92 Å². The van der Waals surface area contributed by atoms with Gasteiger partial charge in [0, 0.05) is 13.0 Å². The molecule has 2 rings (SSSR count). The van der Waals surface area contributed by atoms with E-state index in [0.29, 0.717) is 0 Å². The third kappa shape index (κ3) is 4.78. The van der Waals surface area contributed by atoms with Crippen LogP contribution >= 0.6 is 11.3 Å². The minimum absolute atomic E-state index is 1.24. The zero-order chi connectivity index (χ0) is 11.5. The molecular formula is C8H8BF4NS. The lowest BCUT2D eigenvalue weighted by molar-refractivity contribution is -0.347. The summed E-state index contributed by atoms with van der Waals surface area (Å²) in [5.74, 6) is 0. The van der Waals surface area contributed by atoms with Gasteiger partial charge >= 0.3 is 7.25 Å². The van der Waals surface area contributed by atoms with Crippen molar-refractivity contribution in [1.29, 1.82) is 0 Å². The zero-order valence-corrected chi connectivity index (χ0v) is 8.62. The van der Waals surface area contributed by atoms with Gasteiger partial charge in [0.05, 0.1) is 0 Å². The highest BCUT2D eigenvalue weighted by Crippen LogP contribution is 2.16. The molecule has 0 fully saturated rings. The molecule has 1 nitrogen and oxygen atoms in total. The third-order valence-electron chi connectivity index (χ3n) is 1.46. The lowest BCUT2D eigenvalue weighted by Gasteiger charge is -1.94. The summed E-state index contributed by atoms with van der Waals surface area (Å²) < 4.78 is 40.3. The minimum atomic E-state index is -6.00. The monoisotopic (exact) mass is 237 g/mol. The number of aryl methyl sites for hydroxylation is 1. The second-order valence-electron chi connectivity index (χ2n) is 2.77. The van der Waals surface area contributed by atoms with E-state index < -0.39 is 7.25 Å². The molecule has 0 aliphatic heterocycles. The standard InChI is InChI=1S/C8H7NS.BF4/c1-6-9-7-4-2-3-5-8(7)10-6;2-1(3,4)5/h2-5H,1H3;/q;-1/p+1. The largest absolute Gasteiger partial charge is 0.673 e. The maximum atomic E-state index is 9.75. The van der Waals surface area contributed by atoms with Crippen LogP contribution in [-0.2, 0) is 0 Å². The van der Waals surface area contributed by atoms with Gasteiger partial charge in [-0.25, -0.2) is 0 Å². The van der Waals surface area contributed by atoms with Crippen molar-refractivity contribution in [2.75, 3.05) is 0 Å². The number of rotatable bonds is 0. The molecule has 1 aromatic carbocycles. The lowest BCUT2D eigenvalue weighted by atomic mass is 10.3. The molecule has 0 bridgehead atoms. The Kier molecular flexibility index (Phi) is 3.68. The first-order valence-electron chi connectivity index (χ1n) is 4.11. The number of aromatic nitrogens is 1. The van der Waals surface area contributed by atoms with Crippen LogP contribution < -0.4 is 4.98 Å². The normalized spacial score (nSPS) is 11.0. The Balaban J connectivity index is 0.000000195. The number of fused-ring (bicyclic) bond motifs is 1. The van der Waals surface area contributed by atoms with Crippen molar-refractivity contribution >= 4 is 28.8 Å². The molecule has 2 aromatic rings. The van der Waals surface area contributed by atoms with Crippen LogP contribution in [0.2, 0.25) is 0 Å². The maximum Gasteiger partial charge on any atom is 0.673 e. The van der Waals surface area contributed by atoms with Crippen LogP contribution in [-0.4, -0.2) is 7.25 Å². The van der Waals surface area contributed by atoms with E-state index in [0.717, 1.165) is 0 Å². The van der Waals surface area contributed by atoms with Gasteiger partial charge in [-0.2, -0.15) is 4.98 Å². The Morgan fingerprint density at radius 2 is 1.67 bits per heavy atom. The average Bonchev–Trinajstić information content (AvgIpc) is 2.40. The first kappa shape index (κ1) is 12.0. The lowest BCUT2D eigenvalue weighted by Crippen LogP contribution is -2.02. The molecule has 0 spiro atoms. The van der Waals surface area contributed by atoms with E-state index in [9.17, 15) is 17.3 Å². The number of H-pyrrole nitrogens is 1. The number of thiazole rings is 1. The van der Waals surface area contributed by atoms with Gasteiger partial charge in [0.2, 0.25) is 10.5 Å². The summed E-state index contributed by atoms with van der Waals surface area (Å²) in [4.78, 5) is 3.28. The predicted molar refractivity (Wildman–Crippen MR) is 53.3 cm³/mol. The van der Waals surface area contributed by atoms with E-state index >= 15 is 0 Å². The molecule has 0 saturated heterocycles. The van der Waals surface area contributed by atoms with Crippen molar-refractivity contribution in [2.24, 2.45) is 0 Å². The molecule has 0 saturated carbocycles. The Morgan fingerprint density at radius 1 is 1.13 bits per heavy atom. The fourth-order valence-corrected chi connectivity index (χ4v) is 1.91. The second-order valence-corrected chi connectivity index (χ2v) is 4.03. The third-order valence-corrected chi connectivity index (χ3v) is 2.44. The molecule has 82 valence electrons. The molecule has 0 unspecified atom stereocenters. The fourth-order valence-electron chi connectivity index (χ4n) is 1.04. The van der Waals surface area contributed by atoms with Gasteiger partial charge < -0.3 is 17.3 Å². The maximum absolute atomic E-state index is 9.75. The first-order chi connectivity index (χ1) is 6.86. The van der Waals surface area contributed by atoms with Crippen LogP contribution in [0.1, 0.15) is 5.01 Å². The van der Waals surface area contributed by atoms with Gasteiger partial charge in [-0.1, -0.05) is 23.5 Å². The van der Waals surface area contributed by atoms with Gasteiger partial charge in [0.15, 0.2) is 0 Å². The smallest absolute Gasteiger partial charge is 0.418 e. The molecule has 1 heterocycles. The van der Waals surface area contributed by atoms with Crippen molar-refractivity contribution in [3.8, 4) is 0 Å². The number of aromatic amines is 1. The van der Waals surface area contributed by atoms with Crippen molar-refractivity contribution in [1.82, 2.24) is 0 Å². The summed E-state index contributed by atoms with van der Waals surface area (Å²) in [6.07, 6.45) is 0. The van der Waals surface area contributed by atoms with Crippen molar-refractivity contribution in [2.45, 2.75) is 6.92 Å². The van der Waals surface area contributed by atoms with E-state index in [-0.39, 0.29) is 0 Å². The Morgan fingerprint density at radius 3 is 2.20 bits per heavy atom. The Bertz CT molecular complexity index is 400. The number of halogens is 4. The van der Waals surface area contributed by atoms with Gasteiger partial charge in [-0.15, -0.1) is 0 Å². The Hall–Kier alpha value is -1.11. The van der Waals surface area contributed by atoms with E-state index in [1.165, 1.54) is 15.2 Å². The predicted octanol–water partition coefficient (Wildman–Crippen LogP) is 3.32. The number of benzene rings is 1. The second kappa shape index (κ2) is 4.61. The van der Waals surface area contributed by atoms with Crippen molar-refractivity contribution in [3.05, 3.63) is 29.3 Å². The van der Waals surface area contributed by atoms with Gasteiger partial charge in [-0.3, -0.25) is 0 Å². The van der Waals surface area contributed by atoms with E-state index in [4.69, 9.17) is 0 Å². The first-order valence-corrected chi connectivity index (χ1v) is 4.92. The molecule has 0 aliphatic carbocycles. The van der Waals surface area contributed by atoms with Crippen LogP contribution in [0.3, 0.4) is 0 Å². The summed E-state index contributed by atoms with van der Waals surface area (Å²) in [7, 11) is -6.00. The highest BCUT2D eigenvalue weighted by atomic mass is 32.1. The quantitative estimate of drug-likeness (QED) is 0.493. The summed E-state index contributed by atoms with van der Waals surface area (Å²) >= 11 is 1.80. The van der Waals surface area contributed by atoms with Crippen molar-refractivity contribution < 1.29 is 22.2 Å². The summed E-state index contributed by atoms with van der Waals surface area (Å²) in [6, 6.07) is 8.33. The molecule has 0 amide bonds. The molecule has 15 heavy (non-hydrogen) atoms. The van der Waals surface area contributed by atoms with E-state index in [1.807, 2.05) is 6.07 Å². The molecule has 1 N–H and O–H groups in total. The van der Waals surface area contributed by atoms with Crippen LogP contribution in [0.25, 0.3) is 10.2 Å². The molecule has 7 heteroatoms. The molecule has 1 aromatic heterocycles. The number of nitrogens with one attached hydrogen (secondary N) is 1. The Labute approximate surface area is 87.9 Å². The fraction of sp³-hybridized carbons (Fsp3) is 0.125.